The number of sulfonamides is 1. The summed E-state index contributed by atoms with van der Waals surface area (Å²) in [6, 6.07) is 6.87. The molecule has 1 aromatic carbocycles. The van der Waals surface area contributed by atoms with Gasteiger partial charge in [-0.05, 0) is 50.0 Å². The van der Waals surface area contributed by atoms with Crippen molar-refractivity contribution in [2.45, 2.75) is 45.4 Å². The number of aryl methyl sites for hydroxylation is 1. The first-order chi connectivity index (χ1) is 11.1. The Kier molecular flexibility index (Phi) is 5.49. The average molecular weight is 347 g/mol. The van der Waals surface area contributed by atoms with Gasteiger partial charge in [0.2, 0.25) is 10.0 Å². The third-order valence-electron chi connectivity index (χ3n) is 4.15. The molecule has 0 atom stereocenters. The van der Waals surface area contributed by atoms with E-state index in [4.69, 9.17) is 0 Å². The van der Waals surface area contributed by atoms with Crippen LogP contribution in [0.5, 0.6) is 0 Å². The zero-order chi connectivity index (χ0) is 18.0. The summed E-state index contributed by atoms with van der Waals surface area (Å²) in [6.45, 7) is 8.33. The minimum absolute atomic E-state index is 0.199. The van der Waals surface area contributed by atoms with Crippen molar-refractivity contribution in [1.82, 2.24) is 4.31 Å². The maximum Gasteiger partial charge on any atom is 0.243 e. The van der Waals surface area contributed by atoms with Crippen LogP contribution in [0.3, 0.4) is 0 Å². The molecule has 0 unspecified atom stereocenters. The number of hydrogen-bond acceptors (Lipinski definition) is 3. The first-order valence-electron chi connectivity index (χ1n) is 8.09. The summed E-state index contributed by atoms with van der Waals surface area (Å²) < 4.78 is 27.5. The Labute approximate surface area is 144 Å². The Morgan fingerprint density at radius 3 is 2.33 bits per heavy atom. The largest absolute Gasteiger partial charge is 0.300 e. The van der Waals surface area contributed by atoms with Crippen LogP contribution in [-0.2, 0) is 14.8 Å². The summed E-state index contributed by atoms with van der Waals surface area (Å²) in [5.41, 5.74) is 4.80. The fourth-order valence-corrected chi connectivity index (χ4v) is 4.43. The number of Topliss-reactive ketones (excluding diaryl/α,β-unsaturated/α-hetero) is 1. The van der Waals surface area contributed by atoms with Crippen LogP contribution in [0.1, 0.15) is 39.2 Å². The van der Waals surface area contributed by atoms with E-state index in [-0.39, 0.29) is 22.6 Å². The summed E-state index contributed by atoms with van der Waals surface area (Å²) >= 11 is 0. The molecule has 1 aliphatic carbocycles. The highest BCUT2D eigenvalue weighted by atomic mass is 32.2. The summed E-state index contributed by atoms with van der Waals surface area (Å²) in [6.07, 6.45) is 2.63. The molecule has 0 N–H and O–H groups in total. The van der Waals surface area contributed by atoms with Crippen molar-refractivity contribution >= 4 is 15.8 Å². The van der Waals surface area contributed by atoms with Crippen molar-refractivity contribution in [3.63, 3.8) is 0 Å². The highest BCUT2D eigenvalue weighted by molar-refractivity contribution is 7.89. The SMILES string of the molecule is CC(C)=C=CCN(CC1(C)CC(=O)C1)S(=O)(=O)c1ccc(C)cc1. The number of rotatable bonds is 6. The van der Waals surface area contributed by atoms with Gasteiger partial charge in [-0.25, -0.2) is 8.42 Å². The first-order valence-corrected chi connectivity index (χ1v) is 9.53. The van der Waals surface area contributed by atoms with Gasteiger partial charge in [0, 0.05) is 25.9 Å². The fourth-order valence-electron chi connectivity index (χ4n) is 2.90. The van der Waals surface area contributed by atoms with Gasteiger partial charge in [-0.1, -0.05) is 24.6 Å². The molecule has 1 fully saturated rings. The molecule has 1 aromatic rings. The molecule has 0 spiro atoms. The van der Waals surface area contributed by atoms with E-state index in [1.807, 2.05) is 27.7 Å². The van der Waals surface area contributed by atoms with Crippen molar-refractivity contribution in [2.24, 2.45) is 5.41 Å². The molecule has 2 rings (SSSR count). The van der Waals surface area contributed by atoms with Crippen molar-refractivity contribution in [3.05, 3.63) is 47.2 Å². The number of nitrogens with zero attached hydrogens (tertiary/aromatic N) is 1. The van der Waals surface area contributed by atoms with Gasteiger partial charge in [-0.2, -0.15) is 4.31 Å². The van der Waals surface area contributed by atoms with Gasteiger partial charge in [0.05, 0.1) is 4.90 Å². The smallest absolute Gasteiger partial charge is 0.243 e. The van der Waals surface area contributed by atoms with Gasteiger partial charge in [-0.15, -0.1) is 5.73 Å². The van der Waals surface area contributed by atoms with Crippen molar-refractivity contribution in [2.75, 3.05) is 13.1 Å². The van der Waals surface area contributed by atoms with Crippen molar-refractivity contribution < 1.29 is 13.2 Å². The van der Waals surface area contributed by atoms with Gasteiger partial charge >= 0.3 is 0 Å². The van der Waals surface area contributed by atoms with E-state index < -0.39 is 10.0 Å². The quantitative estimate of drug-likeness (QED) is 0.740. The Morgan fingerprint density at radius 2 is 1.83 bits per heavy atom. The van der Waals surface area contributed by atoms with Crippen molar-refractivity contribution in [3.8, 4) is 0 Å². The molecule has 1 saturated carbocycles. The van der Waals surface area contributed by atoms with Crippen LogP contribution in [0.15, 0.2) is 46.5 Å². The predicted octanol–water partition coefficient (Wildman–Crippen LogP) is 3.48. The molecule has 0 amide bonds. The lowest BCUT2D eigenvalue weighted by Crippen LogP contribution is -2.46. The predicted molar refractivity (Wildman–Crippen MR) is 95.2 cm³/mol. The molecule has 0 aliphatic heterocycles. The van der Waals surface area contributed by atoms with E-state index in [0.29, 0.717) is 19.4 Å². The van der Waals surface area contributed by atoms with Crippen LogP contribution in [-0.4, -0.2) is 31.6 Å². The topological polar surface area (TPSA) is 54.5 Å². The summed E-state index contributed by atoms with van der Waals surface area (Å²) in [4.78, 5) is 11.7. The Bertz CT molecular complexity index is 772. The molecular weight excluding hydrogens is 322 g/mol. The third-order valence-corrected chi connectivity index (χ3v) is 5.98. The van der Waals surface area contributed by atoms with Gasteiger partial charge in [0.1, 0.15) is 5.78 Å². The summed E-state index contributed by atoms with van der Waals surface area (Å²) in [5.74, 6) is 0.199. The monoisotopic (exact) mass is 347 g/mol. The lowest BCUT2D eigenvalue weighted by molar-refractivity contribution is -0.132. The molecule has 4 nitrogen and oxygen atoms in total. The highest BCUT2D eigenvalue weighted by Gasteiger charge is 2.42. The molecule has 130 valence electrons. The van der Waals surface area contributed by atoms with E-state index in [1.54, 1.807) is 30.3 Å². The van der Waals surface area contributed by atoms with Crippen molar-refractivity contribution in [1.29, 1.82) is 0 Å². The average Bonchev–Trinajstić information content (AvgIpc) is 2.44. The molecular formula is C19H25NO3S. The van der Waals surface area contributed by atoms with E-state index >= 15 is 0 Å². The molecule has 0 bridgehead atoms. The second-order valence-electron chi connectivity index (χ2n) is 7.16. The lowest BCUT2D eigenvalue weighted by atomic mass is 9.69. The molecule has 5 heteroatoms. The maximum atomic E-state index is 13.0. The van der Waals surface area contributed by atoms with Crippen LogP contribution in [0.2, 0.25) is 0 Å². The number of benzene rings is 1. The standard InChI is InChI=1S/C19H25NO3S/c1-15(2)6-5-11-20(14-19(4)12-17(21)13-19)24(22,23)18-9-7-16(3)8-10-18/h5,7-10H,11-14H2,1-4H3. The summed E-state index contributed by atoms with van der Waals surface area (Å²) in [7, 11) is -3.60. The number of carbonyl (C=O) groups is 1. The molecule has 24 heavy (non-hydrogen) atoms. The molecule has 0 saturated heterocycles. The second kappa shape index (κ2) is 7.06. The Morgan fingerprint density at radius 1 is 1.25 bits per heavy atom. The zero-order valence-electron chi connectivity index (χ0n) is 14.8. The molecule has 0 heterocycles. The normalized spacial score (nSPS) is 16.5. The highest BCUT2D eigenvalue weighted by Crippen LogP contribution is 2.39. The molecule has 0 aromatic heterocycles. The second-order valence-corrected chi connectivity index (χ2v) is 9.10. The van der Waals surface area contributed by atoms with Gasteiger partial charge in [0.15, 0.2) is 0 Å². The van der Waals surface area contributed by atoms with Crippen LogP contribution >= 0.6 is 0 Å². The van der Waals surface area contributed by atoms with Gasteiger partial charge < -0.3 is 0 Å². The van der Waals surface area contributed by atoms with Crippen LogP contribution in [0.4, 0.5) is 0 Å². The summed E-state index contributed by atoms with van der Waals surface area (Å²) in [5, 5.41) is 0. The van der Waals surface area contributed by atoms with Crippen LogP contribution in [0, 0.1) is 12.3 Å². The Hall–Kier alpha value is -1.68. The van der Waals surface area contributed by atoms with Gasteiger partial charge in [0.25, 0.3) is 0 Å². The molecule has 0 radical (unpaired) electrons. The maximum absolute atomic E-state index is 13.0. The van der Waals surface area contributed by atoms with E-state index in [0.717, 1.165) is 11.1 Å². The van der Waals surface area contributed by atoms with Crippen LogP contribution in [0.25, 0.3) is 0 Å². The fraction of sp³-hybridized carbons (Fsp3) is 0.474. The van der Waals surface area contributed by atoms with E-state index in [2.05, 4.69) is 5.73 Å². The lowest BCUT2D eigenvalue weighted by Gasteiger charge is -2.40. The number of ketones is 1. The minimum atomic E-state index is -3.60. The van der Waals surface area contributed by atoms with Gasteiger partial charge in [-0.3, -0.25) is 4.79 Å². The number of carbonyl (C=O) groups excluding carboxylic acids is 1. The zero-order valence-corrected chi connectivity index (χ0v) is 15.6. The third kappa shape index (κ3) is 4.44. The molecule has 1 aliphatic rings. The van der Waals surface area contributed by atoms with Crippen LogP contribution < -0.4 is 0 Å². The first kappa shape index (κ1) is 18.7. The minimum Gasteiger partial charge on any atom is -0.300 e. The number of hydrogen-bond donors (Lipinski definition) is 0. The van der Waals surface area contributed by atoms with E-state index in [9.17, 15) is 13.2 Å². The Balaban J connectivity index is 2.31. The van der Waals surface area contributed by atoms with E-state index in [1.165, 1.54) is 4.31 Å².